The van der Waals surface area contributed by atoms with Crippen LogP contribution < -0.4 is 5.32 Å². The Hall–Kier alpha value is -0.610. The van der Waals surface area contributed by atoms with Crippen LogP contribution in [0.2, 0.25) is 0 Å². The molecule has 0 aromatic rings. The summed E-state index contributed by atoms with van der Waals surface area (Å²) < 4.78 is 0. The van der Waals surface area contributed by atoms with Gasteiger partial charge in [-0.05, 0) is 25.8 Å². The summed E-state index contributed by atoms with van der Waals surface area (Å²) >= 11 is 0. The van der Waals surface area contributed by atoms with E-state index in [0.29, 0.717) is 12.6 Å². The van der Waals surface area contributed by atoms with Crippen LogP contribution in [0.3, 0.4) is 0 Å². The highest BCUT2D eigenvalue weighted by Gasteiger charge is 2.20. The summed E-state index contributed by atoms with van der Waals surface area (Å²) in [4.78, 5) is 16.8. The number of hydrogen-bond acceptors (Lipinski definition) is 3. The molecule has 0 aromatic carbocycles. The van der Waals surface area contributed by atoms with Crippen molar-refractivity contribution in [3.05, 3.63) is 0 Å². The van der Waals surface area contributed by atoms with Gasteiger partial charge in [0.05, 0.1) is 6.54 Å². The second-order valence-corrected chi connectivity index (χ2v) is 6.02. The first-order valence-corrected chi connectivity index (χ1v) is 8.02. The number of nitrogens with one attached hydrogen (secondary N) is 1. The van der Waals surface area contributed by atoms with Crippen LogP contribution >= 0.6 is 0 Å². The van der Waals surface area contributed by atoms with E-state index in [9.17, 15) is 4.79 Å². The molecule has 0 aromatic heterocycles. The monoisotopic (exact) mass is 267 g/mol. The van der Waals surface area contributed by atoms with Gasteiger partial charge in [-0.15, -0.1) is 0 Å². The number of carbonyl (C=O) groups is 1. The lowest BCUT2D eigenvalue weighted by Gasteiger charge is -2.34. The van der Waals surface area contributed by atoms with Crippen molar-refractivity contribution in [2.24, 2.45) is 0 Å². The van der Waals surface area contributed by atoms with Crippen molar-refractivity contribution in [2.45, 2.75) is 51.5 Å². The molecule has 4 heteroatoms. The van der Waals surface area contributed by atoms with Gasteiger partial charge in [-0.25, -0.2) is 0 Å². The van der Waals surface area contributed by atoms with Crippen LogP contribution in [-0.4, -0.2) is 61.0 Å². The molecule has 2 rings (SSSR count). The molecule has 1 aliphatic heterocycles. The summed E-state index contributed by atoms with van der Waals surface area (Å²) in [5.41, 5.74) is 0. The summed E-state index contributed by atoms with van der Waals surface area (Å²) in [5.74, 6) is 0.232. The smallest absolute Gasteiger partial charge is 0.234 e. The van der Waals surface area contributed by atoms with E-state index in [2.05, 4.69) is 22.0 Å². The minimum atomic E-state index is 0.232. The van der Waals surface area contributed by atoms with E-state index in [1.54, 1.807) is 0 Å². The lowest BCUT2D eigenvalue weighted by Crippen LogP contribution is -2.50. The molecule has 4 nitrogen and oxygen atoms in total. The van der Waals surface area contributed by atoms with Crippen LogP contribution in [0.15, 0.2) is 0 Å². The maximum absolute atomic E-state index is 12.0. The van der Waals surface area contributed by atoms with Gasteiger partial charge < -0.3 is 10.2 Å². The molecule has 110 valence electrons. The Morgan fingerprint density at radius 3 is 2.32 bits per heavy atom. The summed E-state index contributed by atoms with van der Waals surface area (Å²) in [6, 6.07) is 0.447. The van der Waals surface area contributed by atoms with Crippen molar-refractivity contribution in [3.8, 4) is 0 Å². The fourth-order valence-electron chi connectivity index (χ4n) is 3.21. The van der Waals surface area contributed by atoms with Crippen molar-refractivity contribution < 1.29 is 4.79 Å². The molecule has 1 heterocycles. The SMILES string of the molecule is CCCN1CCN(CC(=O)NC2CCCCC2)CC1. The molecule has 19 heavy (non-hydrogen) atoms. The van der Waals surface area contributed by atoms with E-state index in [0.717, 1.165) is 26.2 Å². The Kier molecular flexibility index (Phi) is 6.11. The average molecular weight is 267 g/mol. The molecular weight excluding hydrogens is 238 g/mol. The normalized spacial score (nSPS) is 23.4. The van der Waals surface area contributed by atoms with Gasteiger partial charge in [-0.2, -0.15) is 0 Å². The van der Waals surface area contributed by atoms with Gasteiger partial charge in [0.25, 0.3) is 0 Å². The van der Waals surface area contributed by atoms with Gasteiger partial charge in [0.2, 0.25) is 5.91 Å². The minimum Gasteiger partial charge on any atom is -0.352 e. The Morgan fingerprint density at radius 2 is 1.68 bits per heavy atom. The predicted molar refractivity (Wildman–Crippen MR) is 78.2 cm³/mol. The minimum absolute atomic E-state index is 0.232. The maximum Gasteiger partial charge on any atom is 0.234 e. The molecule has 0 bridgehead atoms. The number of carbonyl (C=O) groups excluding carboxylic acids is 1. The quantitative estimate of drug-likeness (QED) is 0.819. The second-order valence-electron chi connectivity index (χ2n) is 6.02. The van der Waals surface area contributed by atoms with Gasteiger partial charge in [0.1, 0.15) is 0 Å². The Morgan fingerprint density at radius 1 is 1.05 bits per heavy atom. The summed E-state index contributed by atoms with van der Waals surface area (Å²) in [7, 11) is 0. The number of piperazine rings is 1. The van der Waals surface area contributed by atoms with E-state index >= 15 is 0 Å². The Balaban J connectivity index is 1.63. The lowest BCUT2D eigenvalue weighted by molar-refractivity contribution is -0.123. The zero-order chi connectivity index (χ0) is 13.5. The highest BCUT2D eigenvalue weighted by molar-refractivity contribution is 5.78. The molecular formula is C15H29N3O. The molecule has 1 saturated heterocycles. The Labute approximate surface area is 117 Å². The number of nitrogens with zero attached hydrogens (tertiary/aromatic N) is 2. The highest BCUT2D eigenvalue weighted by atomic mass is 16.2. The molecule has 0 atom stereocenters. The van der Waals surface area contributed by atoms with Crippen LogP contribution in [0, 0.1) is 0 Å². The van der Waals surface area contributed by atoms with E-state index in [4.69, 9.17) is 0 Å². The van der Waals surface area contributed by atoms with Gasteiger partial charge in [-0.1, -0.05) is 26.2 Å². The zero-order valence-corrected chi connectivity index (χ0v) is 12.4. The van der Waals surface area contributed by atoms with Crippen LogP contribution in [0.1, 0.15) is 45.4 Å². The third kappa shape index (κ3) is 5.11. The molecule has 1 N–H and O–H groups in total. The summed E-state index contributed by atoms with van der Waals surface area (Å²) in [5, 5.41) is 3.21. The largest absolute Gasteiger partial charge is 0.352 e. The van der Waals surface area contributed by atoms with Crippen molar-refractivity contribution >= 4 is 5.91 Å². The van der Waals surface area contributed by atoms with Gasteiger partial charge in [-0.3, -0.25) is 9.69 Å². The van der Waals surface area contributed by atoms with Crippen LogP contribution in [0.25, 0.3) is 0 Å². The van der Waals surface area contributed by atoms with Crippen molar-refractivity contribution in [1.29, 1.82) is 0 Å². The molecule has 1 saturated carbocycles. The number of hydrogen-bond donors (Lipinski definition) is 1. The zero-order valence-electron chi connectivity index (χ0n) is 12.4. The van der Waals surface area contributed by atoms with E-state index < -0.39 is 0 Å². The maximum atomic E-state index is 12.0. The standard InChI is InChI=1S/C15H29N3O/c1-2-8-17-9-11-18(12-10-17)13-15(19)16-14-6-4-3-5-7-14/h14H,2-13H2,1H3,(H,16,19). The third-order valence-electron chi connectivity index (χ3n) is 4.34. The first-order valence-electron chi connectivity index (χ1n) is 8.02. The molecule has 0 radical (unpaired) electrons. The van der Waals surface area contributed by atoms with E-state index in [1.807, 2.05) is 0 Å². The summed E-state index contributed by atoms with van der Waals surface area (Å²) in [6.45, 7) is 8.33. The summed E-state index contributed by atoms with van der Waals surface area (Å²) in [6.07, 6.45) is 7.47. The molecule has 2 fully saturated rings. The Bertz CT molecular complexity index is 269. The number of amides is 1. The van der Waals surface area contributed by atoms with E-state index in [-0.39, 0.29) is 5.91 Å². The van der Waals surface area contributed by atoms with Gasteiger partial charge in [0, 0.05) is 32.2 Å². The molecule has 2 aliphatic rings. The fraction of sp³-hybridized carbons (Fsp3) is 0.933. The van der Waals surface area contributed by atoms with Crippen molar-refractivity contribution in [1.82, 2.24) is 15.1 Å². The molecule has 0 unspecified atom stereocenters. The van der Waals surface area contributed by atoms with Gasteiger partial charge >= 0.3 is 0 Å². The average Bonchev–Trinajstić information content (AvgIpc) is 2.42. The highest BCUT2D eigenvalue weighted by Crippen LogP contribution is 2.17. The van der Waals surface area contributed by atoms with Gasteiger partial charge in [0.15, 0.2) is 0 Å². The molecule has 0 spiro atoms. The van der Waals surface area contributed by atoms with Crippen molar-refractivity contribution in [2.75, 3.05) is 39.3 Å². The topological polar surface area (TPSA) is 35.6 Å². The third-order valence-corrected chi connectivity index (χ3v) is 4.34. The first-order chi connectivity index (χ1) is 9.28. The lowest BCUT2D eigenvalue weighted by atomic mass is 9.95. The van der Waals surface area contributed by atoms with Crippen LogP contribution in [-0.2, 0) is 4.79 Å². The predicted octanol–water partition coefficient (Wildman–Crippen LogP) is 1.46. The van der Waals surface area contributed by atoms with E-state index in [1.165, 1.54) is 45.1 Å². The molecule has 1 aliphatic carbocycles. The van der Waals surface area contributed by atoms with Crippen molar-refractivity contribution in [3.63, 3.8) is 0 Å². The fourth-order valence-corrected chi connectivity index (χ4v) is 3.21. The number of rotatable bonds is 5. The molecule has 1 amide bonds. The van der Waals surface area contributed by atoms with Crippen LogP contribution in [0.5, 0.6) is 0 Å². The first kappa shape index (κ1) is 14.8. The second kappa shape index (κ2) is 7.85. The van der Waals surface area contributed by atoms with Crippen LogP contribution in [0.4, 0.5) is 0 Å².